The van der Waals surface area contributed by atoms with Crippen LogP contribution in [0.1, 0.15) is 34.3 Å². The van der Waals surface area contributed by atoms with Gasteiger partial charge in [-0.3, -0.25) is 4.79 Å². The molecule has 6 nitrogen and oxygen atoms in total. The van der Waals surface area contributed by atoms with Crippen LogP contribution in [0, 0.1) is 13.8 Å². The minimum atomic E-state index is -0.0196. The van der Waals surface area contributed by atoms with E-state index in [1.807, 2.05) is 4.90 Å². The van der Waals surface area contributed by atoms with Crippen molar-refractivity contribution in [3.05, 3.63) is 47.0 Å². The second kappa shape index (κ2) is 9.07. The molecule has 1 aliphatic rings. The van der Waals surface area contributed by atoms with Crippen LogP contribution in [0.25, 0.3) is 0 Å². The lowest BCUT2D eigenvalue weighted by Crippen LogP contribution is -2.42. The summed E-state index contributed by atoms with van der Waals surface area (Å²) in [6, 6.07) is 10.2. The molecule has 156 valence electrons. The molecule has 0 aliphatic carbocycles. The summed E-state index contributed by atoms with van der Waals surface area (Å²) in [5.41, 5.74) is 4.26. The predicted octanol–water partition coefficient (Wildman–Crippen LogP) is 4.05. The van der Waals surface area contributed by atoms with E-state index in [4.69, 9.17) is 14.2 Å². The van der Waals surface area contributed by atoms with Crippen LogP contribution in [0.15, 0.2) is 30.3 Å². The van der Waals surface area contributed by atoms with E-state index in [-0.39, 0.29) is 5.91 Å². The Kier molecular flexibility index (Phi) is 6.52. The molecular weight excluding hydrogens is 368 g/mol. The van der Waals surface area contributed by atoms with Crippen molar-refractivity contribution in [2.24, 2.45) is 0 Å². The van der Waals surface area contributed by atoms with Crippen molar-refractivity contribution in [1.29, 1.82) is 0 Å². The Balaban J connectivity index is 1.66. The number of ether oxygens (including phenoxy) is 3. The number of aryl methyl sites for hydroxylation is 2. The Morgan fingerprint density at radius 3 is 2.07 bits per heavy atom. The quantitative estimate of drug-likeness (QED) is 0.796. The van der Waals surface area contributed by atoms with Gasteiger partial charge in [0.1, 0.15) is 0 Å². The molecule has 1 fully saturated rings. The van der Waals surface area contributed by atoms with Crippen molar-refractivity contribution in [2.45, 2.75) is 32.7 Å². The number of carbonyl (C=O) groups is 1. The van der Waals surface area contributed by atoms with Crippen LogP contribution in [0.2, 0.25) is 0 Å². The highest BCUT2D eigenvalue weighted by molar-refractivity contribution is 5.95. The molecule has 1 saturated heterocycles. The number of carbonyl (C=O) groups excluding carboxylic acids is 1. The van der Waals surface area contributed by atoms with Crippen LogP contribution in [-0.4, -0.2) is 51.3 Å². The number of nitrogens with zero attached hydrogens (tertiary/aromatic N) is 1. The first-order valence-electron chi connectivity index (χ1n) is 9.90. The summed E-state index contributed by atoms with van der Waals surface area (Å²) in [6.07, 6.45) is 1.81. The first kappa shape index (κ1) is 20.8. The molecule has 2 aromatic carbocycles. The SMILES string of the molecule is COc1cc(C(=O)N2CCC(Nc3ccc(C)c(C)c3)CC2)cc(OC)c1OC. The molecule has 1 aliphatic heterocycles. The van der Waals surface area contributed by atoms with Crippen LogP contribution in [0.5, 0.6) is 17.2 Å². The van der Waals surface area contributed by atoms with Crippen molar-refractivity contribution < 1.29 is 19.0 Å². The Morgan fingerprint density at radius 2 is 1.55 bits per heavy atom. The number of hydrogen-bond acceptors (Lipinski definition) is 5. The highest BCUT2D eigenvalue weighted by Crippen LogP contribution is 2.38. The molecule has 1 amide bonds. The number of anilines is 1. The van der Waals surface area contributed by atoms with Crippen molar-refractivity contribution in [2.75, 3.05) is 39.7 Å². The lowest BCUT2D eigenvalue weighted by molar-refractivity contribution is 0.0717. The molecule has 0 aromatic heterocycles. The second-order valence-electron chi connectivity index (χ2n) is 7.42. The van der Waals surface area contributed by atoms with E-state index in [0.717, 1.165) is 18.5 Å². The Morgan fingerprint density at radius 1 is 0.931 bits per heavy atom. The summed E-state index contributed by atoms with van der Waals surface area (Å²) >= 11 is 0. The maximum absolute atomic E-state index is 13.0. The topological polar surface area (TPSA) is 60.0 Å². The van der Waals surface area contributed by atoms with Crippen LogP contribution in [-0.2, 0) is 0 Å². The zero-order chi connectivity index (χ0) is 21.0. The lowest BCUT2D eigenvalue weighted by Gasteiger charge is -2.33. The zero-order valence-corrected chi connectivity index (χ0v) is 17.9. The van der Waals surface area contributed by atoms with Gasteiger partial charge in [-0.2, -0.15) is 0 Å². The molecule has 29 heavy (non-hydrogen) atoms. The third-order valence-corrected chi connectivity index (χ3v) is 5.57. The number of piperidine rings is 1. The molecule has 2 aromatic rings. The van der Waals surface area contributed by atoms with Gasteiger partial charge in [-0.1, -0.05) is 6.07 Å². The summed E-state index contributed by atoms with van der Waals surface area (Å²) < 4.78 is 16.1. The van der Waals surface area contributed by atoms with Crippen LogP contribution in [0.3, 0.4) is 0 Å². The fourth-order valence-electron chi connectivity index (χ4n) is 3.68. The van der Waals surface area contributed by atoms with Crippen molar-refractivity contribution >= 4 is 11.6 Å². The Bertz CT molecular complexity index is 848. The van der Waals surface area contributed by atoms with E-state index < -0.39 is 0 Å². The number of nitrogens with one attached hydrogen (secondary N) is 1. The summed E-state index contributed by atoms with van der Waals surface area (Å²) in [6.45, 7) is 5.65. The van der Waals surface area contributed by atoms with E-state index in [0.29, 0.717) is 41.9 Å². The van der Waals surface area contributed by atoms with Crippen LogP contribution >= 0.6 is 0 Å². The van der Waals surface area contributed by atoms with Gasteiger partial charge in [0.05, 0.1) is 21.3 Å². The average molecular weight is 399 g/mol. The monoisotopic (exact) mass is 398 g/mol. The minimum Gasteiger partial charge on any atom is -0.493 e. The molecule has 0 saturated carbocycles. The van der Waals surface area contributed by atoms with Gasteiger partial charge in [-0.15, -0.1) is 0 Å². The molecule has 1 N–H and O–H groups in total. The number of methoxy groups -OCH3 is 3. The average Bonchev–Trinajstić information content (AvgIpc) is 2.75. The van der Waals surface area contributed by atoms with Gasteiger partial charge in [0.15, 0.2) is 11.5 Å². The van der Waals surface area contributed by atoms with Crippen molar-refractivity contribution in [1.82, 2.24) is 4.90 Å². The molecule has 0 unspecified atom stereocenters. The van der Waals surface area contributed by atoms with E-state index in [1.54, 1.807) is 33.5 Å². The first-order valence-corrected chi connectivity index (χ1v) is 9.90. The highest BCUT2D eigenvalue weighted by Gasteiger charge is 2.25. The fraction of sp³-hybridized carbons (Fsp3) is 0.435. The third kappa shape index (κ3) is 4.58. The molecular formula is C23H30N2O4. The first-order chi connectivity index (χ1) is 14.0. The molecule has 0 spiro atoms. The van der Waals surface area contributed by atoms with Gasteiger partial charge in [-0.05, 0) is 62.1 Å². The van der Waals surface area contributed by atoms with Crippen LogP contribution in [0.4, 0.5) is 5.69 Å². The van der Waals surface area contributed by atoms with Crippen molar-refractivity contribution in [3.63, 3.8) is 0 Å². The summed E-state index contributed by atoms with van der Waals surface area (Å²) in [5.74, 6) is 1.44. The molecule has 3 rings (SSSR count). The molecule has 0 atom stereocenters. The maximum Gasteiger partial charge on any atom is 0.254 e. The highest BCUT2D eigenvalue weighted by atomic mass is 16.5. The number of likely N-dealkylation sites (tertiary alicyclic amines) is 1. The number of hydrogen-bond donors (Lipinski definition) is 1. The van der Waals surface area contributed by atoms with Gasteiger partial charge >= 0.3 is 0 Å². The molecule has 0 bridgehead atoms. The lowest BCUT2D eigenvalue weighted by atomic mass is 10.0. The predicted molar refractivity (Wildman–Crippen MR) is 115 cm³/mol. The summed E-state index contributed by atoms with van der Waals surface area (Å²) in [5, 5.41) is 3.61. The van der Waals surface area contributed by atoms with E-state index in [9.17, 15) is 4.79 Å². The number of amides is 1. The summed E-state index contributed by atoms with van der Waals surface area (Å²) in [4.78, 5) is 14.9. The van der Waals surface area contributed by atoms with Crippen molar-refractivity contribution in [3.8, 4) is 17.2 Å². The van der Waals surface area contributed by atoms with E-state index in [2.05, 4.69) is 37.4 Å². The third-order valence-electron chi connectivity index (χ3n) is 5.57. The Labute approximate surface area is 172 Å². The Hall–Kier alpha value is -2.89. The summed E-state index contributed by atoms with van der Waals surface area (Å²) in [7, 11) is 4.65. The molecule has 0 radical (unpaired) electrons. The van der Waals surface area contributed by atoms with Gasteiger partial charge in [0.2, 0.25) is 5.75 Å². The van der Waals surface area contributed by atoms with Crippen LogP contribution < -0.4 is 19.5 Å². The van der Waals surface area contributed by atoms with Gasteiger partial charge in [-0.25, -0.2) is 0 Å². The van der Waals surface area contributed by atoms with Gasteiger partial charge < -0.3 is 24.4 Å². The van der Waals surface area contributed by atoms with Gasteiger partial charge in [0, 0.05) is 30.4 Å². The number of benzene rings is 2. The van der Waals surface area contributed by atoms with E-state index in [1.165, 1.54) is 11.1 Å². The second-order valence-corrected chi connectivity index (χ2v) is 7.42. The largest absolute Gasteiger partial charge is 0.493 e. The molecule has 6 heteroatoms. The normalized spacial score (nSPS) is 14.4. The fourth-order valence-corrected chi connectivity index (χ4v) is 3.68. The van der Waals surface area contributed by atoms with E-state index >= 15 is 0 Å². The number of rotatable bonds is 6. The maximum atomic E-state index is 13.0. The minimum absolute atomic E-state index is 0.0196. The smallest absolute Gasteiger partial charge is 0.254 e. The van der Waals surface area contributed by atoms with Gasteiger partial charge in [0.25, 0.3) is 5.91 Å². The zero-order valence-electron chi connectivity index (χ0n) is 17.9. The molecule has 1 heterocycles. The standard InChI is InChI=1S/C23H30N2O4/c1-15-6-7-19(12-16(15)2)24-18-8-10-25(11-9-18)23(26)17-13-20(27-3)22(29-5)21(14-17)28-4/h6-7,12-14,18,24H,8-11H2,1-5H3.